The van der Waals surface area contributed by atoms with Gasteiger partial charge >= 0.3 is 6.09 Å². The summed E-state index contributed by atoms with van der Waals surface area (Å²) in [7, 11) is 1.84. The molecule has 0 aromatic carbocycles. The van der Waals surface area contributed by atoms with Crippen LogP contribution in [0.3, 0.4) is 0 Å². The summed E-state index contributed by atoms with van der Waals surface area (Å²) in [5.41, 5.74) is 0.731. The van der Waals surface area contributed by atoms with Gasteiger partial charge in [-0.15, -0.1) is 0 Å². The monoisotopic (exact) mass is 432 g/mol. The highest BCUT2D eigenvalue weighted by molar-refractivity contribution is 5.80. The zero-order chi connectivity index (χ0) is 22.4. The van der Waals surface area contributed by atoms with E-state index in [2.05, 4.69) is 33.4 Å². The lowest BCUT2D eigenvalue weighted by molar-refractivity contribution is 0.00928. The van der Waals surface area contributed by atoms with Crippen molar-refractivity contribution in [2.24, 2.45) is 10.9 Å². The molecule has 1 aliphatic carbocycles. The number of aryl methyl sites for hydroxylation is 2. The number of carbonyl (C=O) groups excluding carboxylic acids is 1. The third-order valence-electron chi connectivity index (χ3n) is 5.81. The number of hydrogen-bond acceptors (Lipinski definition) is 4. The van der Waals surface area contributed by atoms with E-state index in [1.807, 2.05) is 43.6 Å². The van der Waals surface area contributed by atoms with E-state index in [1.165, 1.54) is 18.4 Å². The molecule has 0 bridgehead atoms. The van der Waals surface area contributed by atoms with Crippen LogP contribution in [0, 0.1) is 12.8 Å². The molecule has 1 saturated carbocycles. The standard InChI is InChI=1S/C23H40N6O2/c1-18-15-26-28(16-18)12-6-11-25-21(24-5)27-13-9-20(10-14-27)29(17-19-7-8-19)22(30)31-23(2,3)4/h15-16,19-20H,6-14,17H2,1-5H3,(H,24,25). The quantitative estimate of drug-likeness (QED) is 0.407. The van der Waals surface area contributed by atoms with E-state index < -0.39 is 5.60 Å². The molecule has 2 aliphatic rings. The molecule has 1 N–H and O–H groups in total. The van der Waals surface area contributed by atoms with Crippen LogP contribution in [0.4, 0.5) is 4.79 Å². The minimum atomic E-state index is -0.458. The second kappa shape index (κ2) is 10.4. The number of carbonyl (C=O) groups is 1. The molecule has 174 valence electrons. The molecule has 0 radical (unpaired) electrons. The summed E-state index contributed by atoms with van der Waals surface area (Å²) in [6.45, 7) is 12.2. The number of nitrogens with one attached hydrogen (secondary N) is 1. The Morgan fingerprint density at radius 2 is 2.00 bits per heavy atom. The molecule has 2 fully saturated rings. The SMILES string of the molecule is CN=C(NCCCn1cc(C)cn1)N1CCC(N(CC2CC2)C(=O)OC(C)(C)C)CC1. The van der Waals surface area contributed by atoms with Crippen LogP contribution in [-0.4, -0.2) is 76.5 Å². The van der Waals surface area contributed by atoms with Gasteiger partial charge in [-0.05, 0) is 71.3 Å². The summed E-state index contributed by atoms with van der Waals surface area (Å²) >= 11 is 0. The highest BCUT2D eigenvalue weighted by atomic mass is 16.6. The van der Waals surface area contributed by atoms with Gasteiger partial charge < -0.3 is 19.9 Å². The van der Waals surface area contributed by atoms with Gasteiger partial charge in [0.25, 0.3) is 0 Å². The Hall–Kier alpha value is -2.25. The maximum absolute atomic E-state index is 12.8. The molecule has 8 heteroatoms. The fraction of sp³-hybridized carbons (Fsp3) is 0.783. The molecule has 1 aliphatic heterocycles. The molecule has 3 rings (SSSR count). The van der Waals surface area contributed by atoms with Crippen LogP contribution < -0.4 is 5.32 Å². The number of likely N-dealkylation sites (tertiary alicyclic amines) is 1. The second-order valence-electron chi connectivity index (χ2n) is 9.90. The zero-order valence-electron chi connectivity index (χ0n) is 19.9. The number of rotatable bonds is 7. The molecule has 1 saturated heterocycles. The molecule has 2 heterocycles. The molecule has 8 nitrogen and oxygen atoms in total. The Bertz CT molecular complexity index is 741. The predicted molar refractivity (Wildman–Crippen MR) is 123 cm³/mol. The average Bonchev–Trinajstić information content (AvgIpc) is 3.44. The number of piperidine rings is 1. The maximum atomic E-state index is 12.8. The lowest BCUT2D eigenvalue weighted by Crippen LogP contribution is -2.52. The summed E-state index contributed by atoms with van der Waals surface area (Å²) in [4.78, 5) is 21.6. The fourth-order valence-electron chi connectivity index (χ4n) is 4.02. The zero-order valence-corrected chi connectivity index (χ0v) is 19.9. The highest BCUT2D eigenvalue weighted by Gasteiger charge is 2.35. The van der Waals surface area contributed by atoms with E-state index >= 15 is 0 Å². The number of aliphatic imine (C=N–C) groups is 1. The van der Waals surface area contributed by atoms with E-state index in [0.717, 1.165) is 57.9 Å². The molecule has 0 atom stereocenters. The van der Waals surface area contributed by atoms with Gasteiger partial charge in [-0.2, -0.15) is 5.10 Å². The number of aromatic nitrogens is 2. The van der Waals surface area contributed by atoms with Crippen LogP contribution in [0.25, 0.3) is 0 Å². The van der Waals surface area contributed by atoms with Crippen LogP contribution in [-0.2, 0) is 11.3 Å². The van der Waals surface area contributed by atoms with Crippen molar-refractivity contribution in [3.63, 3.8) is 0 Å². The van der Waals surface area contributed by atoms with Crippen molar-refractivity contribution in [1.82, 2.24) is 24.9 Å². The molecular formula is C23H40N6O2. The first kappa shape index (κ1) is 23.4. The third-order valence-corrected chi connectivity index (χ3v) is 5.81. The number of nitrogens with zero attached hydrogens (tertiary/aromatic N) is 5. The first-order valence-corrected chi connectivity index (χ1v) is 11.7. The van der Waals surface area contributed by atoms with Crippen molar-refractivity contribution in [3.05, 3.63) is 18.0 Å². The molecule has 1 amide bonds. The van der Waals surface area contributed by atoms with Gasteiger partial charge in [0.2, 0.25) is 0 Å². The Kier molecular flexibility index (Phi) is 7.84. The lowest BCUT2D eigenvalue weighted by atomic mass is 10.0. The van der Waals surface area contributed by atoms with Crippen molar-refractivity contribution in [2.45, 2.75) is 78.0 Å². The number of amides is 1. The number of hydrogen-bond donors (Lipinski definition) is 1. The Morgan fingerprint density at radius 1 is 1.29 bits per heavy atom. The van der Waals surface area contributed by atoms with E-state index in [9.17, 15) is 4.79 Å². The van der Waals surface area contributed by atoms with Crippen molar-refractivity contribution < 1.29 is 9.53 Å². The normalized spacial score (nSPS) is 18.2. The molecule has 31 heavy (non-hydrogen) atoms. The van der Waals surface area contributed by atoms with Crippen LogP contribution in [0.15, 0.2) is 17.4 Å². The summed E-state index contributed by atoms with van der Waals surface area (Å²) in [5.74, 6) is 1.60. The highest BCUT2D eigenvalue weighted by Crippen LogP contribution is 2.32. The first-order chi connectivity index (χ1) is 14.7. The van der Waals surface area contributed by atoms with Crippen LogP contribution >= 0.6 is 0 Å². The predicted octanol–water partition coefficient (Wildman–Crippen LogP) is 3.27. The Labute approximate surface area is 187 Å². The summed E-state index contributed by atoms with van der Waals surface area (Å²) < 4.78 is 7.69. The minimum Gasteiger partial charge on any atom is -0.444 e. The van der Waals surface area contributed by atoms with Gasteiger partial charge in [0.1, 0.15) is 5.60 Å². The molecule has 0 unspecified atom stereocenters. The van der Waals surface area contributed by atoms with Crippen molar-refractivity contribution in [2.75, 3.05) is 33.2 Å². The smallest absolute Gasteiger partial charge is 0.410 e. The average molecular weight is 433 g/mol. The maximum Gasteiger partial charge on any atom is 0.410 e. The second-order valence-corrected chi connectivity index (χ2v) is 9.90. The first-order valence-electron chi connectivity index (χ1n) is 11.7. The van der Waals surface area contributed by atoms with Crippen molar-refractivity contribution in [1.29, 1.82) is 0 Å². The number of guanidine groups is 1. The Balaban J connectivity index is 1.45. The minimum absolute atomic E-state index is 0.158. The largest absolute Gasteiger partial charge is 0.444 e. The van der Waals surface area contributed by atoms with Gasteiger partial charge in [0.15, 0.2) is 5.96 Å². The van der Waals surface area contributed by atoms with E-state index in [-0.39, 0.29) is 12.1 Å². The molecule has 0 spiro atoms. The van der Waals surface area contributed by atoms with Gasteiger partial charge in [0, 0.05) is 52.0 Å². The van der Waals surface area contributed by atoms with Gasteiger partial charge in [-0.3, -0.25) is 9.67 Å². The summed E-state index contributed by atoms with van der Waals surface area (Å²) in [6.07, 6.45) is 9.13. The third kappa shape index (κ3) is 7.43. The van der Waals surface area contributed by atoms with E-state index in [4.69, 9.17) is 4.74 Å². The fourth-order valence-corrected chi connectivity index (χ4v) is 4.02. The van der Waals surface area contributed by atoms with E-state index in [0.29, 0.717) is 5.92 Å². The topological polar surface area (TPSA) is 75.0 Å². The van der Waals surface area contributed by atoms with E-state index in [1.54, 1.807) is 0 Å². The summed E-state index contributed by atoms with van der Waals surface area (Å²) in [6, 6.07) is 0.243. The van der Waals surface area contributed by atoms with Crippen LogP contribution in [0.2, 0.25) is 0 Å². The van der Waals surface area contributed by atoms with Crippen molar-refractivity contribution >= 4 is 12.1 Å². The van der Waals surface area contributed by atoms with Gasteiger partial charge in [-0.1, -0.05) is 0 Å². The molecule has 1 aromatic rings. The Morgan fingerprint density at radius 3 is 2.55 bits per heavy atom. The number of ether oxygens (including phenoxy) is 1. The molecular weight excluding hydrogens is 392 g/mol. The summed E-state index contributed by atoms with van der Waals surface area (Å²) in [5, 5.41) is 7.82. The lowest BCUT2D eigenvalue weighted by Gasteiger charge is -2.40. The van der Waals surface area contributed by atoms with Gasteiger partial charge in [-0.25, -0.2) is 4.79 Å². The van der Waals surface area contributed by atoms with Gasteiger partial charge in [0.05, 0.1) is 6.20 Å². The van der Waals surface area contributed by atoms with Crippen LogP contribution in [0.1, 0.15) is 58.4 Å². The van der Waals surface area contributed by atoms with Crippen molar-refractivity contribution in [3.8, 4) is 0 Å². The van der Waals surface area contributed by atoms with Crippen LogP contribution in [0.5, 0.6) is 0 Å². The molecule has 1 aromatic heterocycles.